The smallest absolute Gasteiger partial charge is 0.212 e. The zero-order valence-corrected chi connectivity index (χ0v) is 14.5. The molecule has 4 nitrogen and oxygen atoms in total. The molecule has 21 heavy (non-hydrogen) atoms. The van der Waals surface area contributed by atoms with E-state index in [1.165, 1.54) is 11.1 Å². The summed E-state index contributed by atoms with van der Waals surface area (Å²) in [6, 6.07) is 8.63. The minimum absolute atomic E-state index is 0.102. The van der Waals surface area contributed by atoms with E-state index >= 15 is 0 Å². The SMILES string of the molecule is CCNS(=O)(=O)CCNC(C)c1ccc(C(C)(C)C)cc1. The third-order valence-corrected chi connectivity index (χ3v) is 4.93. The van der Waals surface area contributed by atoms with Crippen molar-refractivity contribution in [2.75, 3.05) is 18.8 Å². The lowest BCUT2D eigenvalue weighted by atomic mass is 9.86. The molecular weight excluding hydrogens is 284 g/mol. The Morgan fingerprint density at radius 1 is 1.14 bits per heavy atom. The quantitative estimate of drug-likeness (QED) is 0.813. The van der Waals surface area contributed by atoms with Crippen LogP contribution in [0.15, 0.2) is 24.3 Å². The van der Waals surface area contributed by atoms with Crippen LogP contribution < -0.4 is 10.0 Å². The highest BCUT2D eigenvalue weighted by Gasteiger charge is 2.14. The summed E-state index contributed by atoms with van der Waals surface area (Å²) in [6.45, 7) is 11.3. The highest BCUT2D eigenvalue weighted by molar-refractivity contribution is 7.89. The zero-order chi connectivity index (χ0) is 16.1. The minimum Gasteiger partial charge on any atom is -0.309 e. The van der Waals surface area contributed by atoms with Crippen molar-refractivity contribution in [3.63, 3.8) is 0 Å². The van der Waals surface area contributed by atoms with Crippen molar-refractivity contribution < 1.29 is 8.42 Å². The van der Waals surface area contributed by atoms with Crippen molar-refractivity contribution in [2.24, 2.45) is 0 Å². The second kappa shape index (κ2) is 7.38. The van der Waals surface area contributed by atoms with E-state index in [9.17, 15) is 8.42 Å². The number of rotatable bonds is 7. The highest BCUT2D eigenvalue weighted by atomic mass is 32.2. The van der Waals surface area contributed by atoms with Crippen LogP contribution >= 0.6 is 0 Å². The maximum atomic E-state index is 11.6. The molecule has 0 aliphatic carbocycles. The fraction of sp³-hybridized carbons (Fsp3) is 0.625. The average molecular weight is 312 g/mol. The number of sulfonamides is 1. The topological polar surface area (TPSA) is 58.2 Å². The standard InChI is InChI=1S/C16H28N2O2S/c1-6-18-21(19,20)12-11-17-13(2)14-7-9-15(10-8-14)16(3,4)5/h7-10,13,17-18H,6,11-12H2,1-5H3. The van der Waals surface area contributed by atoms with Crippen LogP contribution in [0.4, 0.5) is 0 Å². The molecule has 120 valence electrons. The van der Waals surface area contributed by atoms with Crippen LogP contribution in [-0.4, -0.2) is 27.3 Å². The Hall–Kier alpha value is -0.910. The summed E-state index contributed by atoms with van der Waals surface area (Å²) < 4.78 is 25.6. The third kappa shape index (κ3) is 6.16. The van der Waals surface area contributed by atoms with Gasteiger partial charge in [-0.1, -0.05) is 52.0 Å². The van der Waals surface area contributed by atoms with Crippen LogP contribution in [0, 0.1) is 0 Å². The van der Waals surface area contributed by atoms with Crippen LogP contribution in [0.2, 0.25) is 0 Å². The van der Waals surface area contributed by atoms with Crippen molar-refractivity contribution in [3.8, 4) is 0 Å². The molecule has 1 atom stereocenters. The van der Waals surface area contributed by atoms with Crippen molar-refractivity contribution in [1.82, 2.24) is 10.0 Å². The van der Waals surface area contributed by atoms with E-state index in [1.807, 2.05) is 6.92 Å². The molecular formula is C16H28N2O2S. The lowest BCUT2D eigenvalue weighted by Gasteiger charge is -2.20. The lowest BCUT2D eigenvalue weighted by Crippen LogP contribution is -2.32. The number of nitrogens with one attached hydrogen (secondary N) is 2. The highest BCUT2D eigenvalue weighted by Crippen LogP contribution is 2.23. The van der Waals surface area contributed by atoms with Gasteiger partial charge in [0.05, 0.1) is 5.75 Å². The molecule has 0 aliphatic rings. The summed E-state index contributed by atoms with van der Waals surface area (Å²) in [5.41, 5.74) is 2.62. The molecule has 1 unspecified atom stereocenters. The number of hydrogen-bond acceptors (Lipinski definition) is 3. The summed E-state index contributed by atoms with van der Waals surface area (Å²) >= 11 is 0. The van der Waals surface area contributed by atoms with E-state index in [0.29, 0.717) is 13.1 Å². The minimum atomic E-state index is -3.15. The maximum Gasteiger partial charge on any atom is 0.212 e. The second-order valence-electron chi connectivity index (χ2n) is 6.36. The lowest BCUT2D eigenvalue weighted by molar-refractivity contribution is 0.562. The van der Waals surface area contributed by atoms with E-state index in [-0.39, 0.29) is 17.2 Å². The van der Waals surface area contributed by atoms with E-state index in [1.54, 1.807) is 6.92 Å². The normalized spacial score (nSPS) is 14.1. The Balaban J connectivity index is 2.55. The Kier molecular flexibility index (Phi) is 6.38. The monoisotopic (exact) mass is 312 g/mol. The molecule has 0 heterocycles. The second-order valence-corrected chi connectivity index (χ2v) is 8.29. The van der Waals surface area contributed by atoms with Crippen molar-refractivity contribution in [3.05, 3.63) is 35.4 Å². The number of benzene rings is 1. The summed E-state index contributed by atoms with van der Waals surface area (Å²) in [6.07, 6.45) is 0. The molecule has 1 rings (SSSR count). The molecule has 0 fully saturated rings. The molecule has 5 heteroatoms. The molecule has 0 aromatic heterocycles. The van der Waals surface area contributed by atoms with Gasteiger partial charge in [-0.2, -0.15) is 0 Å². The van der Waals surface area contributed by atoms with Crippen molar-refractivity contribution >= 4 is 10.0 Å². The maximum absolute atomic E-state index is 11.6. The van der Waals surface area contributed by atoms with Gasteiger partial charge in [0, 0.05) is 19.1 Å². The predicted octanol–water partition coefficient (Wildman–Crippen LogP) is 2.57. The Morgan fingerprint density at radius 2 is 1.71 bits per heavy atom. The fourth-order valence-corrected chi connectivity index (χ4v) is 3.06. The van der Waals surface area contributed by atoms with Gasteiger partial charge in [-0.25, -0.2) is 13.1 Å². The van der Waals surface area contributed by atoms with Gasteiger partial charge in [0.15, 0.2) is 0 Å². The van der Waals surface area contributed by atoms with E-state index in [4.69, 9.17) is 0 Å². The van der Waals surface area contributed by atoms with Gasteiger partial charge in [-0.3, -0.25) is 0 Å². The number of hydrogen-bond donors (Lipinski definition) is 2. The van der Waals surface area contributed by atoms with E-state index in [2.05, 4.69) is 55.1 Å². The van der Waals surface area contributed by atoms with Crippen molar-refractivity contribution in [2.45, 2.75) is 46.1 Å². The largest absolute Gasteiger partial charge is 0.309 e. The van der Waals surface area contributed by atoms with Gasteiger partial charge in [0.2, 0.25) is 10.0 Å². The van der Waals surface area contributed by atoms with Gasteiger partial charge >= 0.3 is 0 Å². The molecule has 0 bridgehead atoms. The molecule has 0 spiro atoms. The Bertz CT molecular complexity index is 530. The van der Waals surface area contributed by atoms with Gasteiger partial charge < -0.3 is 5.32 Å². The first-order valence-electron chi connectivity index (χ1n) is 7.47. The van der Waals surface area contributed by atoms with E-state index in [0.717, 1.165) is 0 Å². The average Bonchev–Trinajstić information content (AvgIpc) is 2.37. The van der Waals surface area contributed by atoms with Gasteiger partial charge in [0.1, 0.15) is 0 Å². The Labute approximate surface area is 129 Å². The van der Waals surface area contributed by atoms with Crippen LogP contribution in [0.5, 0.6) is 0 Å². The fourth-order valence-electron chi connectivity index (χ4n) is 2.09. The molecule has 0 saturated carbocycles. The molecule has 1 aromatic carbocycles. The van der Waals surface area contributed by atoms with Crippen LogP contribution in [0.3, 0.4) is 0 Å². The molecule has 2 N–H and O–H groups in total. The molecule has 0 amide bonds. The molecule has 0 radical (unpaired) electrons. The Morgan fingerprint density at radius 3 is 2.19 bits per heavy atom. The van der Waals surface area contributed by atoms with Gasteiger partial charge in [-0.15, -0.1) is 0 Å². The van der Waals surface area contributed by atoms with Crippen molar-refractivity contribution in [1.29, 1.82) is 0 Å². The first-order valence-corrected chi connectivity index (χ1v) is 9.12. The third-order valence-electron chi connectivity index (χ3n) is 3.46. The van der Waals surface area contributed by atoms with Gasteiger partial charge in [-0.05, 0) is 23.5 Å². The molecule has 0 saturated heterocycles. The first kappa shape index (κ1) is 18.1. The van der Waals surface area contributed by atoms with E-state index < -0.39 is 10.0 Å². The summed E-state index contributed by atoms with van der Waals surface area (Å²) in [5, 5.41) is 3.25. The van der Waals surface area contributed by atoms with Crippen LogP contribution in [0.1, 0.15) is 51.8 Å². The summed E-state index contributed by atoms with van der Waals surface area (Å²) in [4.78, 5) is 0. The molecule has 0 aliphatic heterocycles. The predicted molar refractivity (Wildman–Crippen MR) is 89.0 cm³/mol. The van der Waals surface area contributed by atoms with Gasteiger partial charge in [0.25, 0.3) is 0 Å². The van der Waals surface area contributed by atoms with Crippen LogP contribution in [0.25, 0.3) is 0 Å². The van der Waals surface area contributed by atoms with Crippen LogP contribution in [-0.2, 0) is 15.4 Å². The first-order chi connectivity index (χ1) is 9.65. The summed E-state index contributed by atoms with van der Waals surface area (Å²) in [7, 11) is -3.15. The molecule has 1 aromatic rings. The summed E-state index contributed by atoms with van der Waals surface area (Å²) in [5.74, 6) is 0.102. The zero-order valence-electron chi connectivity index (χ0n) is 13.7.